The van der Waals surface area contributed by atoms with E-state index in [-0.39, 0.29) is 18.1 Å². The fourth-order valence-electron chi connectivity index (χ4n) is 3.14. The summed E-state index contributed by atoms with van der Waals surface area (Å²) in [4.78, 5) is 12.8. The maximum Gasteiger partial charge on any atom is 0.270 e. The summed E-state index contributed by atoms with van der Waals surface area (Å²) >= 11 is 0. The van der Waals surface area contributed by atoms with Crippen molar-refractivity contribution in [3.63, 3.8) is 0 Å². The van der Waals surface area contributed by atoms with Crippen molar-refractivity contribution in [1.82, 2.24) is 15.1 Å². The number of hydrogen-bond acceptors (Lipinski definition) is 4. The summed E-state index contributed by atoms with van der Waals surface area (Å²) < 4.78 is 46.4. The molecule has 1 atom stereocenters. The van der Waals surface area contributed by atoms with Gasteiger partial charge in [0, 0.05) is 24.4 Å². The molecule has 160 valence electrons. The van der Waals surface area contributed by atoms with Gasteiger partial charge >= 0.3 is 0 Å². The van der Waals surface area contributed by atoms with E-state index in [9.17, 15) is 23.1 Å². The second-order valence-electron chi connectivity index (χ2n) is 7.30. The number of aliphatic hydroxyl groups is 1. The van der Waals surface area contributed by atoms with Gasteiger partial charge in [0.1, 0.15) is 23.9 Å². The zero-order valence-electron chi connectivity index (χ0n) is 16.5. The molecule has 1 unspecified atom stereocenters. The third kappa shape index (κ3) is 4.73. The van der Waals surface area contributed by atoms with Crippen LogP contribution in [0.1, 0.15) is 29.4 Å². The van der Waals surface area contributed by atoms with Gasteiger partial charge in [0.15, 0.2) is 0 Å². The molecule has 0 aliphatic rings. The highest BCUT2D eigenvalue weighted by atomic mass is 19.3. The van der Waals surface area contributed by atoms with Crippen molar-refractivity contribution in [3.8, 4) is 5.75 Å². The lowest BCUT2D eigenvalue weighted by Crippen LogP contribution is -2.50. The summed E-state index contributed by atoms with van der Waals surface area (Å²) in [7, 11) is 1.55. The number of nitrogens with zero attached hydrogens (tertiary/aromatic N) is 2. The standard InChI is InChI=1S/C21H22F3N3O3/c1-21(12-28,10-18(23)24)25-20(29)19-15-9-14(7-8-17(15)26-27(19)2)30-11-13-5-3-4-6-16(13)22/h3-9,18,28H,10-12H2,1-2H3,(H,25,29). The molecule has 1 aromatic heterocycles. The number of hydrogen-bond donors (Lipinski definition) is 2. The summed E-state index contributed by atoms with van der Waals surface area (Å²) in [6, 6.07) is 11.1. The van der Waals surface area contributed by atoms with Crippen LogP contribution in [0, 0.1) is 5.82 Å². The average molecular weight is 421 g/mol. The van der Waals surface area contributed by atoms with Gasteiger partial charge in [-0.05, 0) is 31.2 Å². The number of benzene rings is 2. The second-order valence-corrected chi connectivity index (χ2v) is 7.30. The summed E-state index contributed by atoms with van der Waals surface area (Å²) in [5.74, 6) is -0.643. The van der Waals surface area contributed by atoms with Crippen LogP contribution in [-0.2, 0) is 13.7 Å². The van der Waals surface area contributed by atoms with Gasteiger partial charge in [0.25, 0.3) is 5.91 Å². The molecule has 0 spiro atoms. The van der Waals surface area contributed by atoms with E-state index in [1.54, 1.807) is 43.4 Å². The third-order valence-corrected chi connectivity index (χ3v) is 4.74. The van der Waals surface area contributed by atoms with Gasteiger partial charge in [-0.25, -0.2) is 13.2 Å². The van der Waals surface area contributed by atoms with E-state index in [2.05, 4.69) is 10.4 Å². The number of halogens is 3. The van der Waals surface area contributed by atoms with E-state index in [1.165, 1.54) is 17.7 Å². The molecule has 2 N–H and O–H groups in total. The molecule has 30 heavy (non-hydrogen) atoms. The first-order valence-corrected chi connectivity index (χ1v) is 9.27. The molecule has 3 aromatic rings. The first-order chi connectivity index (χ1) is 14.2. The predicted molar refractivity (Wildman–Crippen MR) is 105 cm³/mol. The van der Waals surface area contributed by atoms with Gasteiger partial charge < -0.3 is 15.2 Å². The Morgan fingerprint density at radius 2 is 2.03 bits per heavy atom. The van der Waals surface area contributed by atoms with Crippen LogP contribution in [0.5, 0.6) is 5.75 Å². The van der Waals surface area contributed by atoms with Crippen molar-refractivity contribution in [1.29, 1.82) is 0 Å². The van der Waals surface area contributed by atoms with Gasteiger partial charge in [0.05, 0.1) is 17.7 Å². The number of alkyl halides is 2. The van der Waals surface area contributed by atoms with Crippen molar-refractivity contribution in [3.05, 3.63) is 59.5 Å². The van der Waals surface area contributed by atoms with Gasteiger partial charge in [-0.2, -0.15) is 5.10 Å². The van der Waals surface area contributed by atoms with Crippen LogP contribution in [0.4, 0.5) is 13.2 Å². The molecule has 6 nitrogen and oxygen atoms in total. The molecule has 0 fully saturated rings. The first kappa shape index (κ1) is 21.6. The topological polar surface area (TPSA) is 76.4 Å². The lowest BCUT2D eigenvalue weighted by molar-refractivity contribution is 0.0582. The minimum absolute atomic E-state index is 0.00303. The Labute approximate surface area is 171 Å². The molecule has 3 rings (SSSR count). The summed E-state index contributed by atoms with van der Waals surface area (Å²) in [6.07, 6.45) is -3.38. The van der Waals surface area contributed by atoms with Crippen molar-refractivity contribution in [2.45, 2.75) is 31.9 Å². The molecule has 9 heteroatoms. The van der Waals surface area contributed by atoms with Gasteiger partial charge in [-0.15, -0.1) is 0 Å². The van der Waals surface area contributed by atoms with E-state index in [0.717, 1.165) is 0 Å². The Morgan fingerprint density at radius 1 is 1.30 bits per heavy atom. The van der Waals surface area contributed by atoms with Crippen LogP contribution < -0.4 is 10.1 Å². The fraction of sp³-hybridized carbons (Fsp3) is 0.333. The number of aromatic nitrogens is 2. The van der Waals surface area contributed by atoms with Crippen LogP contribution in [-0.4, -0.2) is 39.4 Å². The summed E-state index contributed by atoms with van der Waals surface area (Å²) in [5, 5.41) is 16.7. The Hall–Kier alpha value is -3.07. The summed E-state index contributed by atoms with van der Waals surface area (Å²) in [6.45, 7) is 0.700. The number of aryl methyl sites for hydroxylation is 1. The normalized spacial score (nSPS) is 13.4. The Bertz CT molecular complexity index is 1050. The van der Waals surface area contributed by atoms with Crippen LogP contribution in [0.15, 0.2) is 42.5 Å². The lowest BCUT2D eigenvalue weighted by atomic mass is 9.99. The SMILES string of the molecule is Cn1nc2ccc(OCc3ccccc3F)cc2c1C(=O)NC(C)(CO)CC(F)F. The van der Waals surface area contributed by atoms with E-state index < -0.39 is 30.9 Å². The summed E-state index contributed by atoms with van der Waals surface area (Å²) in [5.41, 5.74) is -0.468. The Kier molecular flexibility index (Phi) is 6.31. The van der Waals surface area contributed by atoms with Crippen LogP contribution in [0.25, 0.3) is 10.9 Å². The molecule has 0 saturated carbocycles. The van der Waals surface area contributed by atoms with E-state index in [0.29, 0.717) is 22.2 Å². The Balaban J connectivity index is 1.86. The number of ether oxygens (including phenoxy) is 1. The molecule has 1 amide bonds. The monoisotopic (exact) mass is 421 g/mol. The Morgan fingerprint density at radius 3 is 2.70 bits per heavy atom. The number of amides is 1. The zero-order chi connectivity index (χ0) is 21.9. The molecule has 1 heterocycles. The largest absolute Gasteiger partial charge is 0.489 e. The molecule has 0 aliphatic heterocycles. The molecule has 2 aromatic carbocycles. The van der Waals surface area contributed by atoms with E-state index >= 15 is 0 Å². The van der Waals surface area contributed by atoms with Gasteiger partial charge in [-0.3, -0.25) is 9.48 Å². The second kappa shape index (κ2) is 8.74. The molecule has 0 bridgehead atoms. The van der Waals surface area contributed by atoms with Crippen molar-refractivity contribution in [2.75, 3.05) is 6.61 Å². The van der Waals surface area contributed by atoms with E-state index in [4.69, 9.17) is 4.74 Å². The molecule has 0 saturated heterocycles. The number of aliphatic hydroxyl groups excluding tert-OH is 1. The molecular formula is C21H22F3N3O3. The highest BCUT2D eigenvalue weighted by Crippen LogP contribution is 2.25. The smallest absolute Gasteiger partial charge is 0.270 e. The van der Waals surface area contributed by atoms with Crippen molar-refractivity contribution in [2.24, 2.45) is 7.05 Å². The fourth-order valence-corrected chi connectivity index (χ4v) is 3.14. The molecule has 0 radical (unpaired) electrons. The van der Waals surface area contributed by atoms with Gasteiger partial charge in [-0.1, -0.05) is 18.2 Å². The number of carbonyl (C=O) groups excluding carboxylic acids is 1. The highest BCUT2D eigenvalue weighted by molar-refractivity contribution is 6.05. The van der Waals surface area contributed by atoms with Crippen molar-refractivity contribution < 1.29 is 27.8 Å². The third-order valence-electron chi connectivity index (χ3n) is 4.74. The number of rotatable bonds is 8. The zero-order valence-corrected chi connectivity index (χ0v) is 16.5. The predicted octanol–water partition coefficient (Wildman–Crippen LogP) is 3.43. The minimum atomic E-state index is -2.69. The minimum Gasteiger partial charge on any atom is -0.489 e. The number of fused-ring (bicyclic) bond motifs is 1. The highest BCUT2D eigenvalue weighted by Gasteiger charge is 2.31. The quantitative estimate of drug-likeness (QED) is 0.584. The van der Waals surface area contributed by atoms with Gasteiger partial charge in [0.2, 0.25) is 6.43 Å². The van der Waals surface area contributed by atoms with E-state index in [1.807, 2.05) is 0 Å². The van der Waals surface area contributed by atoms with Crippen LogP contribution in [0.3, 0.4) is 0 Å². The van der Waals surface area contributed by atoms with Crippen molar-refractivity contribution >= 4 is 16.8 Å². The first-order valence-electron chi connectivity index (χ1n) is 9.27. The molecule has 0 aliphatic carbocycles. The maximum absolute atomic E-state index is 13.8. The number of carbonyl (C=O) groups is 1. The number of nitrogens with one attached hydrogen (secondary N) is 1. The lowest BCUT2D eigenvalue weighted by Gasteiger charge is -2.28. The maximum atomic E-state index is 13.8. The average Bonchev–Trinajstić information content (AvgIpc) is 3.01. The van der Waals surface area contributed by atoms with Crippen LogP contribution >= 0.6 is 0 Å². The van der Waals surface area contributed by atoms with Crippen LogP contribution in [0.2, 0.25) is 0 Å². The molecular weight excluding hydrogens is 399 g/mol.